The maximum absolute atomic E-state index is 12.9. The Bertz CT molecular complexity index is 1300. The zero-order chi connectivity index (χ0) is 25.8. The van der Waals surface area contributed by atoms with Gasteiger partial charge in [-0.3, -0.25) is 4.79 Å². The number of halogens is 3. The molecule has 4 rings (SSSR count). The van der Waals surface area contributed by atoms with Crippen LogP contribution in [0, 0.1) is 0 Å². The summed E-state index contributed by atoms with van der Waals surface area (Å²) in [5.41, 5.74) is 0.584. The maximum atomic E-state index is 12.9. The zero-order valence-corrected chi connectivity index (χ0v) is 19.9. The van der Waals surface area contributed by atoms with Crippen LogP contribution in [0.5, 0.6) is 5.75 Å². The number of sulfonamides is 1. The summed E-state index contributed by atoms with van der Waals surface area (Å²) in [4.78, 5) is 16.8. The molecule has 0 radical (unpaired) electrons. The number of nitrogens with one attached hydrogen (secondary N) is 1. The Hall–Kier alpha value is -3.44. The van der Waals surface area contributed by atoms with Gasteiger partial charge < -0.3 is 10.1 Å². The lowest BCUT2D eigenvalue weighted by atomic mass is 10.1. The van der Waals surface area contributed by atoms with E-state index in [1.807, 2.05) is 0 Å². The number of carbonyl (C=O) groups is 1. The fourth-order valence-electron chi connectivity index (χ4n) is 3.92. The van der Waals surface area contributed by atoms with E-state index in [4.69, 9.17) is 4.74 Å². The second kappa shape index (κ2) is 10.7. The Morgan fingerprint density at radius 1 is 1.06 bits per heavy atom. The fourth-order valence-corrected chi connectivity index (χ4v) is 5.51. The molecule has 0 aliphatic carbocycles. The van der Waals surface area contributed by atoms with E-state index < -0.39 is 33.7 Å². The van der Waals surface area contributed by atoms with E-state index in [9.17, 15) is 26.4 Å². The van der Waals surface area contributed by atoms with Gasteiger partial charge in [0.2, 0.25) is 5.91 Å². The first kappa shape index (κ1) is 25.6. The Labute approximate surface area is 207 Å². The van der Waals surface area contributed by atoms with Crippen molar-refractivity contribution >= 4 is 15.9 Å². The molecule has 190 valence electrons. The Balaban J connectivity index is 1.34. The van der Waals surface area contributed by atoms with E-state index >= 15 is 0 Å². The van der Waals surface area contributed by atoms with Gasteiger partial charge in [0.25, 0.3) is 10.0 Å². The van der Waals surface area contributed by atoms with Crippen LogP contribution in [0.4, 0.5) is 13.2 Å². The highest BCUT2D eigenvalue weighted by Crippen LogP contribution is 2.29. The summed E-state index contributed by atoms with van der Waals surface area (Å²) >= 11 is 0. The van der Waals surface area contributed by atoms with Crippen LogP contribution in [0.1, 0.15) is 29.5 Å². The number of rotatable bonds is 8. The van der Waals surface area contributed by atoms with Crippen LogP contribution in [0.2, 0.25) is 0 Å². The number of pyridine rings is 1. The quantitative estimate of drug-likeness (QED) is 0.483. The predicted octanol–water partition coefficient (Wildman–Crippen LogP) is 4.15. The summed E-state index contributed by atoms with van der Waals surface area (Å²) in [6, 6.07) is 15.4. The summed E-state index contributed by atoms with van der Waals surface area (Å²) in [6.07, 6.45) is -2.02. The highest BCUT2D eigenvalue weighted by atomic mass is 32.2. The van der Waals surface area contributed by atoms with Crippen LogP contribution >= 0.6 is 0 Å². The van der Waals surface area contributed by atoms with E-state index in [0.29, 0.717) is 24.2 Å². The monoisotopic (exact) mass is 519 g/mol. The summed E-state index contributed by atoms with van der Waals surface area (Å²) in [5.74, 6) is 0.0879. The second-order valence-electron chi connectivity index (χ2n) is 8.29. The summed E-state index contributed by atoms with van der Waals surface area (Å²) in [6.45, 7) is 0.477. The Kier molecular flexibility index (Phi) is 7.60. The van der Waals surface area contributed by atoms with Crippen molar-refractivity contribution in [2.45, 2.75) is 43.2 Å². The lowest BCUT2D eigenvalue weighted by Gasteiger charge is -2.23. The molecule has 11 heteroatoms. The third-order valence-electron chi connectivity index (χ3n) is 5.77. The molecule has 1 amide bonds. The largest absolute Gasteiger partial charge is 0.489 e. The van der Waals surface area contributed by atoms with Crippen molar-refractivity contribution in [1.82, 2.24) is 14.6 Å². The molecule has 36 heavy (non-hydrogen) atoms. The van der Waals surface area contributed by atoms with Crippen molar-refractivity contribution in [1.29, 1.82) is 0 Å². The number of amides is 1. The average Bonchev–Trinajstić information content (AvgIpc) is 3.38. The SMILES string of the molecule is O=C(NCc1cccc(OCc2ccc(C(F)(F)F)cc2)c1)[C@@H]1CCCN1S(=O)(=O)c1ccccn1. The molecule has 1 aliphatic heterocycles. The van der Waals surface area contributed by atoms with Gasteiger partial charge in [0.1, 0.15) is 18.4 Å². The highest BCUT2D eigenvalue weighted by Gasteiger charge is 2.39. The molecule has 1 aromatic heterocycles. The number of carbonyl (C=O) groups excluding carboxylic acids is 1. The van der Waals surface area contributed by atoms with E-state index in [2.05, 4.69) is 10.3 Å². The van der Waals surface area contributed by atoms with Crippen molar-refractivity contribution in [2.24, 2.45) is 0 Å². The Morgan fingerprint density at radius 3 is 2.53 bits per heavy atom. The molecule has 2 aromatic carbocycles. The number of nitrogens with zero attached hydrogens (tertiary/aromatic N) is 2. The molecule has 1 saturated heterocycles. The fraction of sp³-hybridized carbons (Fsp3) is 0.280. The first-order valence-electron chi connectivity index (χ1n) is 11.2. The summed E-state index contributed by atoms with van der Waals surface area (Å²) in [5, 5.41) is 2.69. The number of hydrogen-bond acceptors (Lipinski definition) is 5. The summed E-state index contributed by atoms with van der Waals surface area (Å²) < 4.78 is 70.9. The van der Waals surface area contributed by atoms with Gasteiger partial charge in [0, 0.05) is 19.3 Å². The number of alkyl halides is 3. The summed E-state index contributed by atoms with van der Waals surface area (Å²) in [7, 11) is -3.89. The van der Waals surface area contributed by atoms with Crippen LogP contribution in [-0.2, 0) is 34.1 Å². The minimum atomic E-state index is -4.39. The van der Waals surface area contributed by atoms with Crippen LogP contribution in [0.25, 0.3) is 0 Å². The smallest absolute Gasteiger partial charge is 0.416 e. The molecule has 1 fully saturated rings. The Morgan fingerprint density at radius 2 is 1.83 bits per heavy atom. The van der Waals surface area contributed by atoms with Crippen molar-refractivity contribution in [2.75, 3.05) is 6.54 Å². The van der Waals surface area contributed by atoms with Crippen LogP contribution in [0.3, 0.4) is 0 Å². The molecule has 2 heterocycles. The first-order valence-corrected chi connectivity index (χ1v) is 12.7. The standard InChI is InChI=1S/C25H24F3N3O4S/c26-25(27,28)20-11-9-18(10-12-20)17-35-21-6-3-5-19(15-21)16-30-24(32)22-7-4-14-31(22)36(33,34)23-8-1-2-13-29-23/h1-3,5-6,8-13,15,22H,4,7,14,16-17H2,(H,30,32)/t22-/m0/s1. The van der Waals surface area contributed by atoms with E-state index in [1.54, 1.807) is 36.4 Å². The van der Waals surface area contributed by atoms with Crippen LogP contribution in [0.15, 0.2) is 78.0 Å². The van der Waals surface area contributed by atoms with E-state index in [0.717, 1.165) is 17.7 Å². The molecule has 0 bridgehead atoms. The van der Waals surface area contributed by atoms with Gasteiger partial charge in [-0.25, -0.2) is 13.4 Å². The van der Waals surface area contributed by atoms with Crippen molar-refractivity contribution in [3.63, 3.8) is 0 Å². The number of aromatic nitrogens is 1. The molecule has 0 unspecified atom stereocenters. The van der Waals surface area contributed by atoms with Gasteiger partial charge in [-0.15, -0.1) is 0 Å². The topological polar surface area (TPSA) is 88.6 Å². The van der Waals surface area contributed by atoms with Crippen molar-refractivity contribution in [3.05, 3.63) is 89.6 Å². The number of ether oxygens (including phenoxy) is 1. The molecular weight excluding hydrogens is 495 g/mol. The van der Waals surface area contributed by atoms with Crippen LogP contribution in [-0.4, -0.2) is 36.2 Å². The third-order valence-corrected chi connectivity index (χ3v) is 7.59. The highest BCUT2D eigenvalue weighted by molar-refractivity contribution is 7.89. The normalized spacial score (nSPS) is 16.6. The van der Waals surface area contributed by atoms with Crippen molar-refractivity contribution < 1.29 is 31.1 Å². The lowest BCUT2D eigenvalue weighted by molar-refractivity contribution is -0.137. The van der Waals surface area contributed by atoms with Gasteiger partial charge in [0.15, 0.2) is 5.03 Å². The lowest BCUT2D eigenvalue weighted by Crippen LogP contribution is -2.45. The predicted molar refractivity (Wildman–Crippen MR) is 125 cm³/mol. The van der Waals surface area contributed by atoms with Gasteiger partial charge >= 0.3 is 6.18 Å². The molecule has 3 aromatic rings. The van der Waals surface area contributed by atoms with E-state index in [-0.39, 0.29) is 24.7 Å². The van der Waals surface area contributed by atoms with Gasteiger partial charge in [-0.1, -0.05) is 30.3 Å². The van der Waals surface area contributed by atoms with Gasteiger partial charge in [-0.2, -0.15) is 17.5 Å². The van der Waals surface area contributed by atoms with Gasteiger partial charge in [0.05, 0.1) is 5.56 Å². The second-order valence-corrected chi connectivity index (χ2v) is 10.1. The minimum absolute atomic E-state index is 0.0797. The average molecular weight is 520 g/mol. The first-order chi connectivity index (χ1) is 17.1. The van der Waals surface area contributed by atoms with Crippen LogP contribution < -0.4 is 10.1 Å². The molecule has 0 spiro atoms. The molecule has 0 saturated carbocycles. The molecular formula is C25H24F3N3O4S. The molecule has 1 N–H and O–H groups in total. The molecule has 1 aliphatic rings. The number of hydrogen-bond donors (Lipinski definition) is 1. The number of benzene rings is 2. The van der Waals surface area contributed by atoms with E-state index in [1.165, 1.54) is 28.7 Å². The molecule has 1 atom stereocenters. The maximum Gasteiger partial charge on any atom is 0.416 e. The third kappa shape index (κ3) is 6.03. The molecule has 7 nitrogen and oxygen atoms in total. The van der Waals surface area contributed by atoms with Crippen molar-refractivity contribution in [3.8, 4) is 5.75 Å². The van der Waals surface area contributed by atoms with Gasteiger partial charge in [-0.05, 0) is 60.4 Å². The zero-order valence-electron chi connectivity index (χ0n) is 19.1. The minimum Gasteiger partial charge on any atom is -0.489 e.